The lowest BCUT2D eigenvalue weighted by atomic mass is 9.76. The summed E-state index contributed by atoms with van der Waals surface area (Å²) in [4.78, 5) is 43.9. The molecule has 0 radical (unpaired) electrons. The third-order valence-corrected chi connectivity index (χ3v) is 6.94. The molecule has 180 valence electrons. The summed E-state index contributed by atoms with van der Waals surface area (Å²) < 4.78 is 5.69. The minimum absolute atomic E-state index is 0.0660. The highest BCUT2D eigenvalue weighted by molar-refractivity contribution is 6.14. The lowest BCUT2D eigenvalue weighted by Gasteiger charge is -2.40. The summed E-state index contributed by atoms with van der Waals surface area (Å²) in [5.41, 5.74) is -0.190. The lowest BCUT2D eigenvalue weighted by Crippen LogP contribution is -2.56. The van der Waals surface area contributed by atoms with Crippen molar-refractivity contribution in [1.82, 2.24) is 25.2 Å². The normalized spacial score (nSPS) is 22.4. The van der Waals surface area contributed by atoms with Crippen LogP contribution in [0.15, 0.2) is 24.5 Å². The highest BCUT2D eigenvalue weighted by Gasteiger charge is 2.56. The third kappa shape index (κ3) is 4.18. The molecule has 0 unspecified atom stereocenters. The van der Waals surface area contributed by atoms with E-state index in [-0.39, 0.29) is 17.9 Å². The fourth-order valence-electron chi connectivity index (χ4n) is 5.07. The molecule has 34 heavy (non-hydrogen) atoms. The van der Waals surface area contributed by atoms with Crippen LogP contribution in [0.25, 0.3) is 0 Å². The maximum Gasteiger partial charge on any atom is 0.244 e. The number of amides is 2. The molecule has 2 fully saturated rings. The van der Waals surface area contributed by atoms with E-state index in [0.717, 1.165) is 37.8 Å². The highest BCUT2D eigenvalue weighted by atomic mass is 16.5. The number of carbonyl (C=O) groups excluding carboxylic acids is 2. The number of anilines is 3. The zero-order valence-corrected chi connectivity index (χ0v) is 19.7. The van der Waals surface area contributed by atoms with Crippen LogP contribution in [0.2, 0.25) is 0 Å². The molecule has 1 saturated heterocycles. The molecule has 3 aliphatic rings. The van der Waals surface area contributed by atoms with Crippen molar-refractivity contribution in [2.45, 2.75) is 44.6 Å². The van der Waals surface area contributed by atoms with Crippen molar-refractivity contribution in [3.8, 4) is 5.75 Å². The van der Waals surface area contributed by atoms with Crippen molar-refractivity contribution in [1.29, 1.82) is 0 Å². The van der Waals surface area contributed by atoms with Gasteiger partial charge in [0.25, 0.3) is 0 Å². The number of fused-ring (bicyclic) bond motifs is 1. The predicted molar refractivity (Wildman–Crippen MR) is 127 cm³/mol. The van der Waals surface area contributed by atoms with Gasteiger partial charge in [0, 0.05) is 37.3 Å². The Morgan fingerprint density at radius 1 is 1.21 bits per heavy atom. The number of carbonyl (C=O) groups is 2. The van der Waals surface area contributed by atoms with Crippen LogP contribution in [0.5, 0.6) is 5.75 Å². The minimum Gasteiger partial charge on any atom is -0.491 e. The number of hydrogen-bond acceptors (Lipinski definition) is 8. The second-order valence-corrected chi connectivity index (χ2v) is 9.58. The van der Waals surface area contributed by atoms with E-state index in [1.807, 2.05) is 26.2 Å². The summed E-state index contributed by atoms with van der Waals surface area (Å²) in [5.74, 6) is 1.96. The maximum absolute atomic E-state index is 13.7. The van der Waals surface area contributed by atoms with Crippen molar-refractivity contribution in [3.63, 3.8) is 0 Å². The molecule has 2 aliphatic heterocycles. The van der Waals surface area contributed by atoms with Crippen LogP contribution >= 0.6 is 0 Å². The van der Waals surface area contributed by atoms with Crippen molar-refractivity contribution in [3.05, 3.63) is 30.1 Å². The summed E-state index contributed by atoms with van der Waals surface area (Å²) >= 11 is 0. The molecule has 2 N–H and O–H groups in total. The van der Waals surface area contributed by atoms with E-state index in [4.69, 9.17) is 9.72 Å². The summed E-state index contributed by atoms with van der Waals surface area (Å²) in [6, 6.07) is 3.72. The van der Waals surface area contributed by atoms with E-state index < -0.39 is 5.41 Å². The molecule has 1 spiro atoms. The molecule has 2 aromatic heterocycles. The van der Waals surface area contributed by atoms with Crippen molar-refractivity contribution in [2.75, 3.05) is 44.0 Å². The zero-order valence-electron chi connectivity index (χ0n) is 19.7. The molecule has 4 heterocycles. The van der Waals surface area contributed by atoms with Crippen molar-refractivity contribution < 1.29 is 14.3 Å². The van der Waals surface area contributed by atoms with E-state index in [0.29, 0.717) is 49.3 Å². The molecule has 10 nitrogen and oxygen atoms in total. The first-order chi connectivity index (χ1) is 16.5. The number of aromatic nitrogens is 3. The largest absolute Gasteiger partial charge is 0.491 e. The van der Waals surface area contributed by atoms with Crippen LogP contribution in [0.3, 0.4) is 0 Å². The first-order valence-electron chi connectivity index (χ1n) is 11.9. The smallest absolute Gasteiger partial charge is 0.244 e. The topological polar surface area (TPSA) is 113 Å². The van der Waals surface area contributed by atoms with E-state index in [9.17, 15) is 9.59 Å². The van der Waals surface area contributed by atoms with Gasteiger partial charge in [0.2, 0.25) is 17.8 Å². The van der Waals surface area contributed by atoms with Crippen LogP contribution in [-0.2, 0) is 16.0 Å². The molecular weight excluding hydrogens is 434 g/mol. The van der Waals surface area contributed by atoms with Crippen LogP contribution in [0.1, 0.15) is 37.7 Å². The van der Waals surface area contributed by atoms with Crippen LogP contribution in [-0.4, -0.2) is 71.5 Å². The van der Waals surface area contributed by atoms with Gasteiger partial charge in [-0.05, 0) is 45.5 Å². The second kappa shape index (κ2) is 9.17. The van der Waals surface area contributed by atoms with Gasteiger partial charge in [-0.2, -0.15) is 4.98 Å². The van der Waals surface area contributed by atoms with Gasteiger partial charge >= 0.3 is 0 Å². The van der Waals surface area contributed by atoms with Gasteiger partial charge in [0.05, 0.1) is 6.20 Å². The standard InChI is InChI=1S/C24H31N7O3/c1-30(2)11-12-34-18-7-8-19(26-15-18)28-23-27-14-16-13-24(9-10-25-21(24)32)22(33)31(20(16)29-23)17-5-3-4-6-17/h7-8,14-15,17H,3-6,9-13H2,1-2H3,(H,25,32)(H,26,27,28,29)/t24-/m1/s1. The highest BCUT2D eigenvalue weighted by Crippen LogP contribution is 2.44. The third-order valence-electron chi connectivity index (χ3n) is 6.94. The van der Waals surface area contributed by atoms with Gasteiger partial charge < -0.3 is 20.3 Å². The lowest BCUT2D eigenvalue weighted by molar-refractivity contribution is -0.140. The monoisotopic (exact) mass is 465 g/mol. The first-order valence-corrected chi connectivity index (χ1v) is 11.9. The number of nitrogens with zero attached hydrogens (tertiary/aromatic N) is 5. The first kappa shape index (κ1) is 22.5. The summed E-state index contributed by atoms with van der Waals surface area (Å²) in [7, 11) is 3.99. The number of rotatable bonds is 7. The Morgan fingerprint density at radius 3 is 2.71 bits per heavy atom. The molecule has 1 atom stereocenters. The van der Waals surface area contributed by atoms with Gasteiger partial charge in [-0.25, -0.2) is 9.97 Å². The number of ether oxygens (including phenoxy) is 1. The minimum atomic E-state index is -1.03. The molecule has 2 aromatic rings. The number of nitrogens with one attached hydrogen (secondary N) is 2. The molecular formula is C24H31N7O3. The van der Waals surface area contributed by atoms with Gasteiger partial charge in [-0.1, -0.05) is 12.8 Å². The van der Waals surface area contributed by atoms with Crippen LogP contribution in [0.4, 0.5) is 17.6 Å². The summed E-state index contributed by atoms with van der Waals surface area (Å²) in [6.45, 7) is 1.93. The Morgan fingerprint density at radius 2 is 2.03 bits per heavy atom. The van der Waals surface area contributed by atoms with E-state index in [2.05, 4.69) is 25.5 Å². The average Bonchev–Trinajstić information content (AvgIpc) is 3.47. The number of hydrogen-bond donors (Lipinski definition) is 2. The molecule has 0 bridgehead atoms. The van der Waals surface area contributed by atoms with Crippen LogP contribution < -0.4 is 20.3 Å². The summed E-state index contributed by atoms with van der Waals surface area (Å²) in [5, 5.41) is 6.00. The Hall–Kier alpha value is -3.27. The SMILES string of the molecule is CN(C)CCOc1ccc(Nc2ncc3c(n2)N(C2CCCC2)C(=O)[C@]2(CCNC2=O)C3)nc1. The number of likely N-dealkylation sites (N-methyl/N-ethyl adjacent to an activating group) is 1. The Kier molecular flexibility index (Phi) is 6.07. The Balaban J connectivity index is 1.38. The predicted octanol–water partition coefficient (Wildman–Crippen LogP) is 1.89. The number of pyridine rings is 1. The molecule has 1 aliphatic carbocycles. The van der Waals surface area contributed by atoms with E-state index in [1.54, 1.807) is 17.3 Å². The molecule has 5 rings (SSSR count). The zero-order chi connectivity index (χ0) is 23.7. The van der Waals surface area contributed by atoms with Gasteiger partial charge in [0.1, 0.15) is 29.4 Å². The fraction of sp³-hybridized carbons (Fsp3) is 0.542. The Labute approximate surface area is 199 Å². The molecule has 1 saturated carbocycles. The van der Waals surface area contributed by atoms with E-state index >= 15 is 0 Å². The van der Waals surface area contributed by atoms with Gasteiger partial charge in [-0.3, -0.25) is 14.5 Å². The van der Waals surface area contributed by atoms with Crippen molar-refractivity contribution >= 4 is 29.4 Å². The molecule has 2 amide bonds. The maximum atomic E-state index is 13.7. The van der Waals surface area contributed by atoms with Gasteiger partial charge in [-0.15, -0.1) is 0 Å². The summed E-state index contributed by atoms with van der Waals surface area (Å²) in [6.07, 6.45) is 8.25. The van der Waals surface area contributed by atoms with Gasteiger partial charge in [0.15, 0.2) is 0 Å². The quantitative estimate of drug-likeness (QED) is 0.596. The molecule has 10 heteroatoms. The Bertz CT molecular complexity index is 1070. The second-order valence-electron chi connectivity index (χ2n) is 9.58. The van der Waals surface area contributed by atoms with E-state index in [1.165, 1.54) is 0 Å². The van der Waals surface area contributed by atoms with Crippen LogP contribution in [0, 0.1) is 5.41 Å². The molecule has 0 aromatic carbocycles. The van der Waals surface area contributed by atoms with Crippen molar-refractivity contribution in [2.24, 2.45) is 5.41 Å². The average molecular weight is 466 g/mol. The fourth-order valence-corrected chi connectivity index (χ4v) is 5.07.